The second-order valence-electron chi connectivity index (χ2n) is 4.61. The minimum atomic E-state index is -0.764. The number of hydrogen-bond donors (Lipinski definition) is 1. The van der Waals surface area contributed by atoms with Crippen LogP contribution in [0.1, 0.15) is 45.5 Å². The smallest absolute Gasteiger partial charge is 0.255 e. The lowest BCUT2D eigenvalue weighted by molar-refractivity contribution is 0.0410. The first-order valence-electron chi connectivity index (χ1n) is 5.64. The maximum atomic E-state index is 6.09. The molecule has 0 aliphatic heterocycles. The van der Waals surface area contributed by atoms with Crippen LogP contribution in [-0.2, 0) is 15.0 Å². The Hall–Kier alpha value is -0.980. The van der Waals surface area contributed by atoms with Gasteiger partial charge in [-0.3, -0.25) is 0 Å². The van der Waals surface area contributed by atoms with E-state index in [9.17, 15) is 0 Å². The van der Waals surface area contributed by atoms with Gasteiger partial charge in [0.05, 0.1) is 12.7 Å². The van der Waals surface area contributed by atoms with Crippen LogP contribution in [-0.4, -0.2) is 30.0 Å². The van der Waals surface area contributed by atoms with Crippen LogP contribution in [0.15, 0.2) is 4.52 Å². The monoisotopic (exact) mass is 243 g/mol. The fourth-order valence-electron chi connectivity index (χ4n) is 1.14. The van der Waals surface area contributed by atoms with Crippen molar-refractivity contribution in [2.24, 2.45) is 5.73 Å². The predicted molar refractivity (Wildman–Crippen MR) is 62.3 cm³/mol. The molecule has 0 saturated carbocycles. The second-order valence-corrected chi connectivity index (χ2v) is 4.61. The number of ether oxygens (including phenoxy) is 2. The molecule has 1 aromatic rings. The van der Waals surface area contributed by atoms with Crippen LogP contribution in [0.4, 0.5) is 0 Å². The van der Waals surface area contributed by atoms with Crippen molar-refractivity contribution in [2.45, 2.75) is 45.4 Å². The van der Waals surface area contributed by atoms with Crippen LogP contribution in [0.25, 0.3) is 0 Å². The van der Waals surface area contributed by atoms with E-state index in [0.717, 1.165) is 0 Å². The molecule has 0 aliphatic rings. The molecule has 0 aromatic carbocycles. The SMILES string of the molecule is COC(C)c1nc(C(C)(N)COC(C)C)no1. The highest BCUT2D eigenvalue weighted by molar-refractivity contribution is 5.02. The lowest BCUT2D eigenvalue weighted by Crippen LogP contribution is -2.40. The normalized spacial score (nSPS) is 17.1. The van der Waals surface area contributed by atoms with Gasteiger partial charge < -0.3 is 19.7 Å². The summed E-state index contributed by atoms with van der Waals surface area (Å²) in [4.78, 5) is 4.22. The average molecular weight is 243 g/mol. The summed E-state index contributed by atoms with van der Waals surface area (Å²) in [5.41, 5.74) is 5.33. The number of hydrogen-bond acceptors (Lipinski definition) is 6. The molecule has 2 atom stereocenters. The molecule has 0 saturated heterocycles. The van der Waals surface area contributed by atoms with Gasteiger partial charge in [0.1, 0.15) is 11.6 Å². The van der Waals surface area contributed by atoms with E-state index in [1.165, 1.54) is 0 Å². The molecule has 0 radical (unpaired) electrons. The minimum Gasteiger partial charge on any atom is -0.376 e. The standard InChI is InChI=1S/C11H21N3O3/c1-7(2)16-6-11(4,12)10-13-9(17-14-10)8(3)15-5/h7-8H,6,12H2,1-5H3. The van der Waals surface area contributed by atoms with Crippen LogP contribution in [0.3, 0.4) is 0 Å². The molecule has 0 bridgehead atoms. The molecule has 1 aromatic heterocycles. The highest BCUT2D eigenvalue weighted by atomic mass is 16.5. The van der Waals surface area contributed by atoms with Gasteiger partial charge in [0.2, 0.25) is 0 Å². The predicted octanol–water partition coefficient (Wildman–Crippen LogP) is 1.38. The van der Waals surface area contributed by atoms with Crippen molar-refractivity contribution in [1.82, 2.24) is 10.1 Å². The van der Waals surface area contributed by atoms with E-state index in [-0.39, 0.29) is 12.2 Å². The first-order valence-corrected chi connectivity index (χ1v) is 5.64. The molecule has 2 unspecified atom stereocenters. The maximum Gasteiger partial charge on any atom is 0.255 e. The third-order valence-corrected chi connectivity index (χ3v) is 2.37. The van der Waals surface area contributed by atoms with Crippen molar-refractivity contribution < 1.29 is 14.0 Å². The Labute approximate surface area is 101 Å². The fraction of sp³-hybridized carbons (Fsp3) is 0.818. The molecule has 2 N–H and O–H groups in total. The molecule has 0 spiro atoms. The van der Waals surface area contributed by atoms with Gasteiger partial charge in [-0.1, -0.05) is 5.16 Å². The molecule has 6 nitrogen and oxygen atoms in total. The number of aromatic nitrogens is 2. The summed E-state index contributed by atoms with van der Waals surface area (Å²) < 4.78 is 15.7. The highest BCUT2D eigenvalue weighted by Crippen LogP contribution is 2.19. The lowest BCUT2D eigenvalue weighted by atomic mass is 10.1. The van der Waals surface area contributed by atoms with Gasteiger partial charge in [0.15, 0.2) is 5.82 Å². The molecule has 1 rings (SSSR count). The molecular weight excluding hydrogens is 222 g/mol. The molecule has 6 heteroatoms. The van der Waals surface area contributed by atoms with E-state index in [2.05, 4.69) is 10.1 Å². The number of methoxy groups -OCH3 is 1. The van der Waals surface area contributed by atoms with Crippen LogP contribution >= 0.6 is 0 Å². The second kappa shape index (κ2) is 5.57. The molecule has 17 heavy (non-hydrogen) atoms. The van der Waals surface area contributed by atoms with E-state index in [4.69, 9.17) is 19.7 Å². The topological polar surface area (TPSA) is 83.4 Å². The van der Waals surface area contributed by atoms with Crippen molar-refractivity contribution in [3.8, 4) is 0 Å². The summed E-state index contributed by atoms with van der Waals surface area (Å²) in [7, 11) is 1.58. The van der Waals surface area contributed by atoms with E-state index < -0.39 is 5.54 Å². The van der Waals surface area contributed by atoms with Crippen molar-refractivity contribution in [1.29, 1.82) is 0 Å². The zero-order valence-electron chi connectivity index (χ0n) is 11.1. The molecule has 0 aliphatic carbocycles. The third kappa shape index (κ3) is 3.76. The maximum absolute atomic E-state index is 6.09. The minimum absolute atomic E-state index is 0.113. The van der Waals surface area contributed by atoms with Crippen LogP contribution < -0.4 is 5.73 Å². The molecule has 0 amide bonds. The van der Waals surface area contributed by atoms with Crippen LogP contribution in [0.2, 0.25) is 0 Å². The third-order valence-electron chi connectivity index (χ3n) is 2.37. The van der Waals surface area contributed by atoms with Crippen molar-refractivity contribution >= 4 is 0 Å². The fourth-order valence-corrected chi connectivity index (χ4v) is 1.14. The average Bonchev–Trinajstić information content (AvgIpc) is 2.75. The summed E-state index contributed by atoms with van der Waals surface area (Å²) >= 11 is 0. The zero-order valence-corrected chi connectivity index (χ0v) is 11.1. The highest BCUT2D eigenvalue weighted by Gasteiger charge is 2.29. The lowest BCUT2D eigenvalue weighted by Gasteiger charge is -2.21. The van der Waals surface area contributed by atoms with Gasteiger partial charge in [-0.05, 0) is 27.7 Å². The van der Waals surface area contributed by atoms with E-state index in [0.29, 0.717) is 18.3 Å². The van der Waals surface area contributed by atoms with E-state index >= 15 is 0 Å². The van der Waals surface area contributed by atoms with E-state index in [1.54, 1.807) is 7.11 Å². The largest absolute Gasteiger partial charge is 0.376 e. The first-order chi connectivity index (χ1) is 7.86. The Bertz CT molecular complexity index is 349. The van der Waals surface area contributed by atoms with Gasteiger partial charge in [-0.2, -0.15) is 4.98 Å². The van der Waals surface area contributed by atoms with Gasteiger partial charge in [-0.25, -0.2) is 0 Å². The van der Waals surface area contributed by atoms with E-state index in [1.807, 2.05) is 27.7 Å². The number of nitrogens with zero attached hydrogens (tertiary/aromatic N) is 2. The van der Waals surface area contributed by atoms with Crippen molar-refractivity contribution in [3.05, 3.63) is 11.7 Å². The Balaban J connectivity index is 2.74. The summed E-state index contributed by atoms with van der Waals surface area (Å²) in [6, 6.07) is 0. The molecule has 98 valence electrons. The van der Waals surface area contributed by atoms with Gasteiger partial charge in [-0.15, -0.1) is 0 Å². The Morgan fingerprint density at radius 3 is 2.59 bits per heavy atom. The van der Waals surface area contributed by atoms with Gasteiger partial charge >= 0.3 is 0 Å². The molecule has 0 fully saturated rings. The molecule has 1 heterocycles. The Morgan fingerprint density at radius 1 is 1.41 bits per heavy atom. The Kier molecular flexibility index (Phi) is 4.62. The molecular formula is C11H21N3O3. The summed E-state index contributed by atoms with van der Waals surface area (Å²) in [6.45, 7) is 7.87. The summed E-state index contributed by atoms with van der Waals surface area (Å²) in [6.07, 6.45) is -0.125. The van der Waals surface area contributed by atoms with Gasteiger partial charge in [0.25, 0.3) is 5.89 Å². The van der Waals surface area contributed by atoms with Crippen LogP contribution in [0, 0.1) is 0 Å². The Morgan fingerprint density at radius 2 is 2.06 bits per heavy atom. The van der Waals surface area contributed by atoms with Crippen molar-refractivity contribution in [3.63, 3.8) is 0 Å². The van der Waals surface area contributed by atoms with Crippen molar-refractivity contribution in [2.75, 3.05) is 13.7 Å². The van der Waals surface area contributed by atoms with Gasteiger partial charge in [0, 0.05) is 7.11 Å². The quantitative estimate of drug-likeness (QED) is 0.812. The summed E-state index contributed by atoms with van der Waals surface area (Å²) in [5.74, 6) is 0.848. The number of rotatable bonds is 6. The zero-order chi connectivity index (χ0) is 13.1. The van der Waals surface area contributed by atoms with Crippen LogP contribution in [0.5, 0.6) is 0 Å². The number of nitrogens with two attached hydrogens (primary N) is 1. The first kappa shape index (κ1) is 14.1. The summed E-state index contributed by atoms with van der Waals surface area (Å²) in [5, 5.41) is 3.86.